The van der Waals surface area contributed by atoms with Gasteiger partial charge in [0.2, 0.25) is 0 Å². The Hall–Kier alpha value is -0.160. The molecule has 1 saturated heterocycles. The van der Waals surface area contributed by atoms with Gasteiger partial charge in [-0.15, -0.1) is 0 Å². The standard InChI is InChI=1S/C11H24N2O2/c1-10(12-7-11(15)9-14)8-13-5-3-2-4-6-13/h10-12,14-15H,2-9H2,1H3. The summed E-state index contributed by atoms with van der Waals surface area (Å²) in [5.74, 6) is 0. The molecule has 1 heterocycles. The summed E-state index contributed by atoms with van der Waals surface area (Å²) in [4.78, 5) is 2.46. The lowest BCUT2D eigenvalue weighted by atomic mass is 10.1. The molecule has 2 atom stereocenters. The van der Waals surface area contributed by atoms with Crippen LogP contribution in [0.4, 0.5) is 0 Å². The minimum atomic E-state index is -0.631. The fourth-order valence-corrected chi connectivity index (χ4v) is 2.00. The summed E-state index contributed by atoms with van der Waals surface area (Å²) >= 11 is 0. The number of aliphatic hydroxyl groups excluding tert-OH is 2. The smallest absolute Gasteiger partial charge is 0.0895 e. The van der Waals surface area contributed by atoms with Crippen LogP contribution in [-0.4, -0.2) is 60.0 Å². The van der Waals surface area contributed by atoms with Crippen LogP contribution in [0.5, 0.6) is 0 Å². The van der Waals surface area contributed by atoms with Gasteiger partial charge in [-0.25, -0.2) is 0 Å². The molecule has 90 valence electrons. The SMILES string of the molecule is CC(CN1CCCCC1)NCC(O)CO. The Morgan fingerprint density at radius 2 is 1.93 bits per heavy atom. The van der Waals surface area contributed by atoms with Crippen molar-refractivity contribution >= 4 is 0 Å². The van der Waals surface area contributed by atoms with Crippen molar-refractivity contribution in [1.29, 1.82) is 0 Å². The monoisotopic (exact) mass is 216 g/mol. The number of rotatable bonds is 6. The molecular weight excluding hydrogens is 192 g/mol. The normalized spacial score (nSPS) is 22.6. The van der Waals surface area contributed by atoms with Crippen molar-refractivity contribution in [3.63, 3.8) is 0 Å². The highest BCUT2D eigenvalue weighted by Gasteiger charge is 2.13. The summed E-state index contributed by atoms with van der Waals surface area (Å²) in [6.07, 6.45) is 3.35. The van der Waals surface area contributed by atoms with Gasteiger partial charge in [0, 0.05) is 19.1 Å². The highest BCUT2D eigenvalue weighted by Crippen LogP contribution is 2.08. The van der Waals surface area contributed by atoms with Gasteiger partial charge in [0.05, 0.1) is 12.7 Å². The molecule has 0 radical (unpaired) electrons. The number of aliphatic hydroxyl groups is 2. The summed E-state index contributed by atoms with van der Waals surface area (Å²) in [5.41, 5.74) is 0. The molecule has 1 fully saturated rings. The van der Waals surface area contributed by atoms with E-state index in [1.807, 2.05) is 0 Å². The molecule has 0 saturated carbocycles. The van der Waals surface area contributed by atoms with Crippen LogP contribution < -0.4 is 5.32 Å². The van der Waals surface area contributed by atoms with Gasteiger partial charge in [0.15, 0.2) is 0 Å². The first kappa shape index (κ1) is 12.9. The van der Waals surface area contributed by atoms with Gasteiger partial charge in [-0.1, -0.05) is 6.42 Å². The topological polar surface area (TPSA) is 55.7 Å². The fourth-order valence-electron chi connectivity index (χ4n) is 2.00. The summed E-state index contributed by atoms with van der Waals surface area (Å²) in [6, 6.07) is 0.379. The van der Waals surface area contributed by atoms with Crippen molar-refractivity contribution in [2.24, 2.45) is 0 Å². The minimum Gasteiger partial charge on any atom is -0.394 e. The fraction of sp³-hybridized carbons (Fsp3) is 1.00. The van der Waals surface area contributed by atoms with Crippen molar-refractivity contribution in [2.45, 2.75) is 38.3 Å². The Labute approximate surface area is 92.3 Å². The van der Waals surface area contributed by atoms with E-state index in [1.54, 1.807) is 0 Å². The van der Waals surface area contributed by atoms with Crippen LogP contribution in [0.3, 0.4) is 0 Å². The predicted molar refractivity (Wildman–Crippen MR) is 60.8 cm³/mol. The third-order valence-electron chi connectivity index (χ3n) is 2.89. The first-order chi connectivity index (χ1) is 7.22. The second-order valence-electron chi connectivity index (χ2n) is 4.51. The lowest BCUT2D eigenvalue weighted by Gasteiger charge is -2.29. The van der Waals surface area contributed by atoms with Gasteiger partial charge in [-0.05, 0) is 32.9 Å². The molecule has 0 amide bonds. The number of nitrogens with zero attached hydrogens (tertiary/aromatic N) is 1. The molecule has 0 aromatic heterocycles. The average molecular weight is 216 g/mol. The second kappa shape index (κ2) is 7.17. The Kier molecular flexibility index (Phi) is 6.17. The first-order valence-electron chi connectivity index (χ1n) is 5.97. The number of hydrogen-bond donors (Lipinski definition) is 3. The average Bonchev–Trinajstić information content (AvgIpc) is 2.27. The number of likely N-dealkylation sites (tertiary alicyclic amines) is 1. The van der Waals surface area contributed by atoms with Gasteiger partial charge in [0.1, 0.15) is 0 Å². The van der Waals surface area contributed by atoms with E-state index in [2.05, 4.69) is 17.1 Å². The van der Waals surface area contributed by atoms with Crippen LogP contribution in [-0.2, 0) is 0 Å². The van der Waals surface area contributed by atoms with Crippen LogP contribution in [0, 0.1) is 0 Å². The molecule has 0 aliphatic carbocycles. The molecule has 0 aromatic carbocycles. The van der Waals surface area contributed by atoms with Gasteiger partial charge in [0.25, 0.3) is 0 Å². The molecule has 15 heavy (non-hydrogen) atoms. The van der Waals surface area contributed by atoms with Gasteiger partial charge >= 0.3 is 0 Å². The molecule has 0 spiro atoms. The van der Waals surface area contributed by atoms with E-state index in [0.717, 1.165) is 6.54 Å². The van der Waals surface area contributed by atoms with E-state index in [0.29, 0.717) is 12.6 Å². The Bertz CT molecular complexity index is 161. The van der Waals surface area contributed by atoms with Gasteiger partial charge in [-0.3, -0.25) is 0 Å². The van der Waals surface area contributed by atoms with Gasteiger partial charge < -0.3 is 20.4 Å². The van der Waals surface area contributed by atoms with Crippen LogP contribution in [0.25, 0.3) is 0 Å². The maximum Gasteiger partial charge on any atom is 0.0895 e. The number of piperidine rings is 1. The predicted octanol–water partition coefficient (Wildman–Crippen LogP) is -0.196. The maximum atomic E-state index is 9.19. The van der Waals surface area contributed by atoms with Crippen molar-refractivity contribution in [3.05, 3.63) is 0 Å². The Morgan fingerprint density at radius 3 is 2.53 bits per heavy atom. The van der Waals surface area contributed by atoms with E-state index in [-0.39, 0.29) is 6.61 Å². The highest BCUT2D eigenvalue weighted by molar-refractivity contribution is 4.72. The van der Waals surface area contributed by atoms with Gasteiger partial charge in [-0.2, -0.15) is 0 Å². The quantitative estimate of drug-likeness (QED) is 0.576. The Morgan fingerprint density at radius 1 is 1.27 bits per heavy atom. The molecule has 0 aromatic rings. The molecular formula is C11H24N2O2. The van der Waals surface area contributed by atoms with E-state index in [4.69, 9.17) is 5.11 Å². The summed E-state index contributed by atoms with van der Waals surface area (Å²) in [5, 5.41) is 21.1. The largest absolute Gasteiger partial charge is 0.394 e. The number of hydrogen-bond acceptors (Lipinski definition) is 4. The summed E-state index contributed by atoms with van der Waals surface area (Å²) < 4.78 is 0. The van der Waals surface area contributed by atoms with Crippen molar-refractivity contribution in [2.75, 3.05) is 32.8 Å². The van der Waals surface area contributed by atoms with Crippen molar-refractivity contribution < 1.29 is 10.2 Å². The van der Waals surface area contributed by atoms with Crippen LogP contribution in [0.2, 0.25) is 0 Å². The lowest BCUT2D eigenvalue weighted by molar-refractivity contribution is 0.0900. The minimum absolute atomic E-state index is 0.163. The summed E-state index contributed by atoms with van der Waals surface area (Å²) in [6.45, 7) is 5.88. The molecule has 1 aliphatic rings. The second-order valence-corrected chi connectivity index (χ2v) is 4.51. The molecule has 3 N–H and O–H groups in total. The lowest BCUT2D eigenvalue weighted by Crippen LogP contribution is -2.44. The molecule has 0 bridgehead atoms. The van der Waals surface area contributed by atoms with E-state index < -0.39 is 6.10 Å². The highest BCUT2D eigenvalue weighted by atomic mass is 16.3. The summed E-state index contributed by atoms with van der Waals surface area (Å²) in [7, 11) is 0. The third kappa shape index (κ3) is 5.47. The third-order valence-corrected chi connectivity index (χ3v) is 2.89. The maximum absolute atomic E-state index is 9.19. The van der Waals surface area contributed by atoms with Crippen LogP contribution in [0.1, 0.15) is 26.2 Å². The van der Waals surface area contributed by atoms with Crippen molar-refractivity contribution in [1.82, 2.24) is 10.2 Å². The molecule has 4 heteroatoms. The first-order valence-corrected chi connectivity index (χ1v) is 5.97. The molecule has 2 unspecified atom stereocenters. The van der Waals surface area contributed by atoms with Crippen molar-refractivity contribution in [3.8, 4) is 0 Å². The zero-order chi connectivity index (χ0) is 11.1. The van der Waals surface area contributed by atoms with E-state index in [9.17, 15) is 5.11 Å². The zero-order valence-corrected chi connectivity index (χ0v) is 9.65. The van der Waals surface area contributed by atoms with Crippen LogP contribution in [0.15, 0.2) is 0 Å². The molecule has 1 aliphatic heterocycles. The van der Waals surface area contributed by atoms with E-state index >= 15 is 0 Å². The molecule has 1 rings (SSSR count). The van der Waals surface area contributed by atoms with Crippen LogP contribution >= 0.6 is 0 Å². The zero-order valence-electron chi connectivity index (χ0n) is 9.65. The van der Waals surface area contributed by atoms with E-state index in [1.165, 1.54) is 32.4 Å². The molecule has 4 nitrogen and oxygen atoms in total. The Balaban J connectivity index is 2.08. The number of nitrogens with one attached hydrogen (secondary N) is 1.